The van der Waals surface area contributed by atoms with Crippen molar-refractivity contribution in [1.29, 1.82) is 0 Å². The third-order valence-corrected chi connectivity index (χ3v) is 5.07. The van der Waals surface area contributed by atoms with E-state index >= 15 is 0 Å². The van der Waals surface area contributed by atoms with Gasteiger partial charge in [0, 0.05) is 5.02 Å². The van der Waals surface area contributed by atoms with Gasteiger partial charge >= 0.3 is 0 Å². The molecule has 0 saturated heterocycles. The van der Waals surface area contributed by atoms with Crippen LogP contribution >= 0.6 is 23.4 Å². The third-order valence-electron chi connectivity index (χ3n) is 4.02. The molecule has 0 saturated carbocycles. The third kappa shape index (κ3) is 5.74. The molecule has 1 aromatic heterocycles. The SMILES string of the molecule is COc1ccc(Cc2nnc(SCC(=O)NC(C)c3cccc(Cl)c3)o2)cc1. The molecule has 0 aliphatic rings. The number of thioether (sulfide) groups is 1. The fourth-order valence-electron chi connectivity index (χ4n) is 2.56. The number of aromatic nitrogens is 2. The highest BCUT2D eigenvalue weighted by Gasteiger charge is 2.13. The normalized spacial score (nSPS) is 11.8. The Morgan fingerprint density at radius 2 is 2.04 bits per heavy atom. The Kier molecular flexibility index (Phi) is 6.95. The summed E-state index contributed by atoms with van der Waals surface area (Å²) in [7, 11) is 1.63. The number of carbonyl (C=O) groups is 1. The average molecular weight is 418 g/mol. The zero-order valence-corrected chi connectivity index (χ0v) is 17.1. The van der Waals surface area contributed by atoms with Crippen LogP contribution in [-0.2, 0) is 11.2 Å². The molecule has 1 atom stereocenters. The lowest BCUT2D eigenvalue weighted by Crippen LogP contribution is -2.28. The number of nitrogens with one attached hydrogen (secondary N) is 1. The van der Waals surface area contributed by atoms with E-state index in [-0.39, 0.29) is 17.7 Å². The van der Waals surface area contributed by atoms with Crippen LogP contribution in [0.5, 0.6) is 5.75 Å². The van der Waals surface area contributed by atoms with E-state index in [0.717, 1.165) is 16.9 Å². The van der Waals surface area contributed by atoms with Crippen molar-refractivity contribution < 1.29 is 13.9 Å². The van der Waals surface area contributed by atoms with Gasteiger partial charge in [0.15, 0.2) is 0 Å². The van der Waals surface area contributed by atoms with Crippen molar-refractivity contribution in [3.05, 3.63) is 70.6 Å². The summed E-state index contributed by atoms with van der Waals surface area (Å²) in [5, 5.41) is 12.0. The largest absolute Gasteiger partial charge is 0.497 e. The maximum absolute atomic E-state index is 12.2. The van der Waals surface area contributed by atoms with Crippen LogP contribution in [0.25, 0.3) is 0 Å². The molecule has 3 rings (SSSR count). The first-order valence-electron chi connectivity index (χ1n) is 8.66. The van der Waals surface area contributed by atoms with Crippen molar-refractivity contribution >= 4 is 29.3 Å². The molecule has 1 amide bonds. The summed E-state index contributed by atoms with van der Waals surface area (Å²) in [6.07, 6.45) is 0.523. The summed E-state index contributed by atoms with van der Waals surface area (Å²) >= 11 is 7.20. The minimum absolute atomic E-state index is 0.118. The van der Waals surface area contributed by atoms with Crippen molar-refractivity contribution in [1.82, 2.24) is 15.5 Å². The number of amides is 1. The summed E-state index contributed by atoms with van der Waals surface area (Å²) in [4.78, 5) is 12.2. The molecule has 0 radical (unpaired) electrons. The minimum Gasteiger partial charge on any atom is -0.497 e. The minimum atomic E-state index is -0.139. The lowest BCUT2D eigenvalue weighted by atomic mass is 10.1. The summed E-state index contributed by atoms with van der Waals surface area (Å²) in [6, 6.07) is 14.9. The van der Waals surface area contributed by atoms with Crippen molar-refractivity contribution in [2.45, 2.75) is 24.6 Å². The Balaban J connectivity index is 1.48. The molecule has 1 N–H and O–H groups in total. The van der Waals surface area contributed by atoms with Gasteiger partial charge in [-0.3, -0.25) is 4.79 Å². The fourth-order valence-corrected chi connectivity index (χ4v) is 3.35. The number of carbonyl (C=O) groups excluding carboxylic acids is 1. The number of hydrogen-bond acceptors (Lipinski definition) is 6. The van der Waals surface area contributed by atoms with E-state index < -0.39 is 0 Å². The van der Waals surface area contributed by atoms with Crippen LogP contribution in [0.4, 0.5) is 0 Å². The highest BCUT2D eigenvalue weighted by Crippen LogP contribution is 2.20. The molecule has 6 nitrogen and oxygen atoms in total. The zero-order valence-electron chi connectivity index (χ0n) is 15.5. The Labute approximate surface area is 172 Å². The second-order valence-corrected chi connectivity index (χ2v) is 7.48. The monoisotopic (exact) mass is 417 g/mol. The van der Waals surface area contributed by atoms with Gasteiger partial charge in [-0.15, -0.1) is 10.2 Å². The van der Waals surface area contributed by atoms with E-state index in [4.69, 9.17) is 20.8 Å². The van der Waals surface area contributed by atoms with Crippen LogP contribution in [0.3, 0.4) is 0 Å². The van der Waals surface area contributed by atoms with E-state index in [1.54, 1.807) is 13.2 Å². The van der Waals surface area contributed by atoms with Crippen molar-refractivity contribution in [3.8, 4) is 5.75 Å². The maximum Gasteiger partial charge on any atom is 0.277 e. The second-order valence-electron chi connectivity index (χ2n) is 6.12. The van der Waals surface area contributed by atoms with Crippen LogP contribution in [0.1, 0.15) is 30.0 Å². The summed E-state index contributed by atoms with van der Waals surface area (Å²) in [5.74, 6) is 1.37. The molecule has 28 heavy (non-hydrogen) atoms. The van der Waals surface area contributed by atoms with Gasteiger partial charge in [0.2, 0.25) is 11.8 Å². The molecule has 1 heterocycles. The van der Waals surface area contributed by atoms with Gasteiger partial charge in [0.1, 0.15) is 5.75 Å². The molecule has 3 aromatic rings. The quantitative estimate of drug-likeness (QED) is 0.551. The molecular weight excluding hydrogens is 398 g/mol. The van der Waals surface area contributed by atoms with Crippen molar-refractivity contribution in [2.24, 2.45) is 0 Å². The van der Waals surface area contributed by atoms with Crippen molar-refractivity contribution in [2.75, 3.05) is 12.9 Å². The first-order valence-corrected chi connectivity index (χ1v) is 10.0. The molecule has 0 aliphatic heterocycles. The summed E-state index contributed by atoms with van der Waals surface area (Å²) in [5.41, 5.74) is 1.99. The van der Waals surface area contributed by atoms with E-state index in [2.05, 4.69) is 15.5 Å². The van der Waals surface area contributed by atoms with Crippen molar-refractivity contribution in [3.63, 3.8) is 0 Å². The zero-order chi connectivity index (χ0) is 19.9. The molecule has 146 valence electrons. The highest BCUT2D eigenvalue weighted by atomic mass is 35.5. The van der Waals surface area contributed by atoms with Gasteiger partial charge < -0.3 is 14.5 Å². The Morgan fingerprint density at radius 3 is 2.75 bits per heavy atom. The van der Waals surface area contributed by atoms with Gasteiger partial charge in [0.25, 0.3) is 5.22 Å². The first kappa shape index (κ1) is 20.2. The highest BCUT2D eigenvalue weighted by molar-refractivity contribution is 7.99. The molecule has 1 unspecified atom stereocenters. The number of nitrogens with zero attached hydrogens (tertiary/aromatic N) is 2. The van der Waals surface area contributed by atoms with Gasteiger partial charge in [-0.25, -0.2) is 0 Å². The fraction of sp³-hybridized carbons (Fsp3) is 0.250. The number of ether oxygens (including phenoxy) is 1. The van der Waals surface area contributed by atoms with Crippen LogP contribution < -0.4 is 10.1 Å². The molecule has 2 aromatic carbocycles. The molecular formula is C20H20ClN3O3S. The van der Waals surface area contributed by atoms with Crippen LogP contribution in [0.2, 0.25) is 5.02 Å². The molecule has 0 spiro atoms. The average Bonchev–Trinajstić information content (AvgIpc) is 3.14. The van der Waals surface area contributed by atoms with Crippen LogP contribution in [-0.4, -0.2) is 29.0 Å². The number of methoxy groups -OCH3 is 1. The lowest BCUT2D eigenvalue weighted by Gasteiger charge is -2.14. The standard InChI is InChI=1S/C20H20ClN3O3S/c1-13(15-4-3-5-16(21)11-15)22-18(25)12-28-20-24-23-19(27-20)10-14-6-8-17(26-2)9-7-14/h3-9,11,13H,10,12H2,1-2H3,(H,22,25). The van der Waals surface area contributed by atoms with E-state index in [1.165, 1.54) is 11.8 Å². The topological polar surface area (TPSA) is 77.2 Å². The predicted molar refractivity (Wildman–Crippen MR) is 109 cm³/mol. The Bertz CT molecular complexity index is 930. The predicted octanol–water partition coefficient (Wildman–Crippen LogP) is 4.29. The number of halogens is 1. The van der Waals surface area contributed by atoms with E-state index in [9.17, 15) is 4.79 Å². The Morgan fingerprint density at radius 1 is 1.25 bits per heavy atom. The van der Waals surface area contributed by atoms with Crippen LogP contribution in [0, 0.1) is 0 Å². The summed E-state index contributed by atoms with van der Waals surface area (Å²) in [6.45, 7) is 1.91. The van der Waals surface area contributed by atoms with E-state index in [1.807, 2.05) is 49.4 Å². The van der Waals surface area contributed by atoms with E-state index in [0.29, 0.717) is 22.6 Å². The van der Waals surface area contributed by atoms with Gasteiger partial charge in [-0.1, -0.05) is 47.6 Å². The van der Waals surface area contributed by atoms with Gasteiger partial charge in [0.05, 0.1) is 25.3 Å². The molecule has 0 fully saturated rings. The lowest BCUT2D eigenvalue weighted by molar-refractivity contribution is -0.119. The Hall–Kier alpha value is -2.51. The van der Waals surface area contributed by atoms with Crippen LogP contribution in [0.15, 0.2) is 58.2 Å². The van der Waals surface area contributed by atoms with Gasteiger partial charge in [-0.2, -0.15) is 0 Å². The maximum atomic E-state index is 12.2. The second kappa shape index (κ2) is 9.61. The number of hydrogen-bond donors (Lipinski definition) is 1. The number of benzene rings is 2. The summed E-state index contributed by atoms with van der Waals surface area (Å²) < 4.78 is 10.8. The molecule has 0 bridgehead atoms. The van der Waals surface area contributed by atoms with Gasteiger partial charge in [-0.05, 0) is 42.3 Å². The number of rotatable bonds is 8. The molecule has 8 heteroatoms. The first-order chi connectivity index (χ1) is 13.5. The smallest absolute Gasteiger partial charge is 0.277 e. The molecule has 0 aliphatic carbocycles.